The first-order valence-electron chi connectivity index (χ1n) is 6.53. The van der Waals surface area contributed by atoms with E-state index < -0.39 is 0 Å². The molecule has 0 aliphatic carbocycles. The molecular weight excluding hydrogens is 256 g/mol. The van der Waals surface area contributed by atoms with Crippen molar-refractivity contribution >= 4 is 5.91 Å². The first-order valence-corrected chi connectivity index (χ1v) is 6.53. The van der Waals surface area contributed by atoms with Crippen molar-refractivity contribution in [3.63, 3.8) is 0 Å². The van der Waals surface area contributed by atoms with Crippen LogP contribution >= 0.6 is 0 Å². The minimum atomic E-state index is -0.155. The summed E-state index contributed by atoms with van der Waals surface area (Å²) in [6.45, 7) is 4.98. The summed E-state index contributed by atoms with van der Waals surface area (Å²) in [5.74, 6) is 1.02. The third-order valence-electron chi connectivity index (χ3n) is 2.66. The second kappa shape index (κ2) is 8.98. The van der Waals surface area contributed by atoms with E-state index in [1.807, 2.05) is 25.3 Å². The number of benzene rings is 1. The Hall–Kier alpha value is -2.01. The number of ether oxygens (including phenoxy) is 2. The number of likely N-dealkylation sites (N-methyl/N-ethyl adjacent to an activating group) is 1. The van der Waals surface area contributed by atoms with E-state index in [0.29, 0.717) is 18.0 Å². The van der Waals surface area contributed by atoms with Gasteiger partial charge in [0.2, 0.25) is 0 Å². The van der Waals surface area contributed by atoms with Gasteiger partial charge in [0.25, 0.3) is 5.91 Å². The van der Waals surface area contributed by atoms with Crippen LogP contribution in [0.2, 0.25) is 0 Å². The minimum Gasteiger partial charge on any atom is -0.493 e. The Balaban J connectivity index is 2.54. The summed E-state index contributed by atoms with van der Waals surface area (Å²) in [6.07, 6.45) is 2.59. The molecule has 2 N–H and O–H groups in total. The fourth-order valence-electron chi connectivity index (χ4n) is 1.65. The Labute approximate surface area is 120 Å². The highest BCUT2D eigenvalue weighted by Crippen LogP contribution is 2.28. The highest BCUT2D eigenvalue weighted by atomic mass is 16.5. The zero-order chi connectivity index (χ0) is 14.8. The van der Waals surface area contributed by atoms with Crippen LogP contribution in [0.15, 0.2) is 30.9 Å². The van der Waals surface area contributed by atoms with Gasteiger partial charge in [-0.25, -0.2) is 0 Å². The van der Waals surface area contributed by atoms with Crippen molar-refractivity contribution in [2.75, 3.05) is 33.9 Å². The highest BCUT2D eigenvalue weighted by molar-refractivity contribution is 5.77. The lowest BCUT2D eigenvalue weighted by Gasteiger charge is -2.12. The molecule has 1 rings (SSSR count). The molecule has 5 heteroatoms. The molecule has 0 aliphatic heterocycles. The summed E-state index contributed by atoms with van der Waals surface area (Å²) in [5, 5.41) is 5.69. The Morgan fingerprint density at radius 3 is 2.80 bits per heavy atom. The molecule has 0 saturated carbocycles. The molecular formula is C15H22N2O3. The molecule has 0 heterocycles. The molecule has 1 aromatic carbocycles. The predicted molar refractivity (Wildman–Crippen MR) is 79.3 cm³/mol. The molecule has 20 heavy (non-hydrogen) atoms. The lowest BCUT2D eigenvalue weighted by Crippen LogP contribution is -2.33. The predicted octanol–water partition coefficient (Wildman–Crippen LogP) is 1.14. The number of carbonyl (C=O) groups is 1. The molecule has 0 saturated heterocycles. The maximum absolute atomic E-state index is 11.5. The number of amides is 1. The van der Waals surface area contributed by atoms with E-state index >= 15 is 0 Å². The van der Waals surface area contributed by atoms with Crippen LogP contribution < -0.4 is 20.1 Å². The van der Waals surface area contributed by atoms with Crippen molar-refractivity contribution in [3.8, 4) is 11.5 Å². The number of carbonyl (C=O) groups excluding carboxylic acids is 1. The van der Waals surface area contributed by atoms with E-state index in [2.05, 4.69) is 17.2 Å². The van der Waals surface area contributed by atoms with E-state index in [9.17, 15) is 4.79 Å². The van der Waals surface area contributed by atoms with Crippen molar-refractivity contribution in [1.82, 2.24) is 10.6 Å². The van der Waals surface area contributed by atoms with Crippen LogP contribution in [0.4, 0.5) is 0 Å². The maximum Gasteiger partial charge on any atom is 0.257 e. The minimum absolute atomic E-state index is 0.0269. The Kier molecular flexibility index (Phi) is 7.21. The van der Waals surface area contributed by atoms with Gasteiger partial charge in [0.15, 0.2) is 18.1 Å². The third kappa shape index (κ3) is 5.32. The Bertz CT molecular complexity index is 447. The van der Waals surface area contributed by atoms with Crippen LogP contribution in [0.1, 0.15) is 5.56 Å². The average Bonchev–Trinajstić information content (AvgIpc) is 2.46. The number of nitrogens with one attached hydrogen (secondary N) is 2. The average molecular weight is 278 g/mol. The quantitative estimate of drug-likeness (QED) is 0.525. The van der Waals surface area contributed by atoms with Crippen LogP contribution in [0.25, 0.3) is 0 Å². The summed E-state index contributed by atoms with van der Waals surface area (Å²) in [4.78, 5) is 11.5. The molecule has 0 spiro atoms. The fourth-order valence-corrected chi connectivity index (χ4v) is 1.65. The molecule has 1 aromatic rings. The van der Waals surface area contributed by atoms with Gasteiger partial charge in [0.1, 0.15) is 0 Å². The van der Waals surface area contributed by atoms with E-state index in [-0.39, 0.29) is 12.5 Å². The second-order valence-electron chi connectivity index (χ2n) is 4.22. The van der Waals surface area contributed by atoms with Crippen LogP contribution in [0, 0.1) is 0 Å². The highest BCUT2D eigenvalue weighted by Gasteiger charge is 2.08. The van der Waals surface area contributed by atoms with Gasteiger partial charge in [0.05, 0.1) is 7.11 Å². The number of rotatable bonds is 9. The van der Waals surface area contributed by atoms with Crippen LogP contribution in [0.5, 0.6) is 11.5 Å². The van der Waals surface area contributed by atoms with Gasteiger partial charge in [0, 0.05) is 13.1 Å². The zero-order valence-corrected chi connectivity index (χ0v) is 12.1. The van der Waals surface area contributed by atoms with Crippen LogP contribution in [-0.2, 0) is 11.2 Å². The first kappa shape index (κ1) is 16.0. The van der Waals surface area contributed by atoms with E-state index in [1.165, 1.54) is 0 Å². The Morgan fingerprint density at radius 2 is 2.15 bits per heavy atom. The summed E-state index contributed by atoms with van der Waals surface area (Å²) >= 11 is 0. The Morgan fingerprint density at radius 1 is 1.35 bits per heavy atom. The molecule has 0 radical (unpaired) electrons. The number of allylic oxidation sites excluding steroid dienone is 1. The number of hydrogen-bond donors (Lipinski definition) is 2. The van der Waals surface area contributed by atoms with E-state index in [1.54, 1.807) is 13.2 Å². The van der Waals surface area contributed by atoms with Crippen LogP contribution in [0.3, 0.4) is 0 Å². The van der Waals surface area contributed by atoms with Crippen molar-refractivity contribution in [2.45, 2.75) is 6.42 Å². The second-order valence-corrected chi connectivity index (χ2v) is 4.22. The molecule has 5 nitrogen and oxygen atoms in total. The largest absolute Gasteiger partial charge is 0.493 e. The van der Waals surface area contributed by atoms with Crippen molar-refractivity contribution in [3.05, 3.63) is 36.4 Å². The van der Waals surface area contributed by atoms with E-state index in [0.717, 1.165) is 18.5 Å². The molecule has 0 aliphatic rings. The monoisotopic (exact) mass is 278 g/mol. The van der Waals surface area contributed by atoms with Crippen molar-refractivity contribution in [2.24, 2.45) is 0 Å². The molecule has 0 aromatic heterocycles. The lowest BCUT2D eigenvalue weighted by atomic mass is 10.1. The van der Waals surface area contributed by atoms with E-state index in [4.69, 9.17) is 9.47 Å². The normalized spacial score (nSPS) is 9.90. The fraction of sp³-hybridized carbons (Fsp3) is 0.400. The molecule has 0 atom stereocenters. The van der Waals surface area contributed by atoms with Gasteiger partial charge in [-0.3, -0.25) is 4.79 Å². The summed E-state index contributed by atoms with van der Waals surface area (Å²) in [5.41, 5.74) is 1.09. The van der Waals surface area contributed by atoms with Crippen molar-refractivity contribution in [1.29, 1.82) is 0 Å². The van der Waals surface area contributed by atoms with Crippen molar-refractivity contribution < 1.29 is 14.3 Å². The summed E-state index contributed by atoms with van der Waals surface area (Å²) in [6, 6.07) is 5.62. The summed E-state index contributed by atoms with van der Waals surface area (Å²) < 4.78 is 10.7. The number of methoxy groups -OCH3 is 1. The standard InChI is InChI=1S/C15H22N2O3/c1-4-5-12-6-7-13(14(10-12)19-3)20-11-15(18)17-9-8-16-2/h4,6-7,10,16H,1,5,8-9,11H2,2-3H3,(H,17,18). The molecule has 110 valence electrons. The SMILES string of the molecule is C=CCc1ccc(OCC(=O)NCCNC)c(OC)c1. The third-order valence-corrected chi connectivity index (χ3v) is 2.66. The molecule has 1 amide bonds. The molecule has 0 bridgehead atoms. The zero-order valence-electron chi connectivity index (χ0n) is 12.1. The topological polar surface area (TPSA) is 59.6 Å². The summed E-state index contributed by atoms with van der Waals surface area (Å²) in [7, 11) is 3.41. The maximum atomic E-state index is 11.5. The number of hydrogen-bond acceptors (Lipinski definition) is 4. The first-order chi connectivity index (χ1) is 9.71. The van der Waals surface area contributed by atoms with Gasteiger partial charge in [-0.05, 0) is 31.2 Å². The van der Waals surface area contributed by atoms with Gasteiger partial charge in [-0.2, -0.15) is 0 Å². The van der Waals surface area contributed by atoms with Gasteiger partial charge in [-0.1, -0.05) is 12.1 Å². The van der Waals surface area contributed by atoms with Gasteiger partial charge in [-0.15, -0.1) is 6.58 Å². The van der Waals surface area contributed by atoms with Gasteiger partial charge >= 0.3 is 0 Å². The van der Waals surface area contributed by atoms with Gasteiger partial charge < -0.3 is 20.1 Å². The lowest BCUT2D eigenvalue weighted by molar-refractivity contribution is -0.123. The van der Waals surface area contributed by atoms with Crippen LogP contribution in [-0.4, -0.2) is 39.8 Å². The smallest absolute Gasteiger partial charge is 0.257 e. The molecule has 0 fully saturated rings. The molecule has 0 unspecified atom stereocenters.